The summed E-state index contributed by atoms with van der Waals surface area (Å²) in [5.41, 5.74) is 6.23. The molecule has 4 amide bonds. The van der Waals surface area contributed by atoms with E-state index >= 15 is 0 Å². The Kier molecular flexibility index (Phi) is 16.2. The van der Waals surface area contributed by atoms with E-state index in [9.17, 15) is 19.2 Å². The molecule has 70 heavy (non-hydrogen) atoms. The highest BCUT2D eigenvalue weighted by Crippen LogP contribution is 2.62. The summed E-state index contributed by atoms with van der Waals surface area (Å²) in [7, 11) is 10.3. The van der Waals surface area contributed by atoms with Crippen molar-refractivity contribution in [1.82, 2.24) is 19.6 Å². The van der Waals surface area contributed by atoms with Gasteiger partial charge in [0.25, 0.3) is 23.6 Å². The third-order valence-electron chi connectivity index (χ3n) is 14.2. The second kappa shape index (κ2) is 21.8. The number of hydrogen-bond acceptors (Lipinski definition) is 12. The molecule has 6 atom stereocenters. The van der Waals surface area contributed by atoms with Gasteiger partial charge in [0.1, 0.15) is 11.5 Å². The van der Waals surface area contributed by atoms with E-state index in [0.717, 1.165) is 83.4 Å². The summed E-state index contributed by atoms with van der Waals surface area (Å²) in [6.45, 7) is 5.46. The number of amides is 4. The minimum absolute atomic E-state index is 0.110. The Morgan fingerprint density at radius 1 is 0.443 bits per heavy atom. The summed E-state index contributed by atoms with van der Waals surface area (Å²) < 4.78 is 22.7. The number of carbonyl (C=O) groups is 4. The summed E-state index contributed by atoms with van der Waals surface area (Å²) in [6, 6.07) is 32.6. The molecule has 6 saturated heterocycles. The van der Waals surface area contributed by atoms with E-state index in [1.165, 1.54) is 47.0 Å². The highest BCUT2D eigenvalue weighted by Gasteiger charge is 2.67. The highest BCUT2D eigenvalue weighted by molar-refractivity contribution is 8.19. The standard InChI is InChI=1S/C54H66N4O8S4/c1-9-11-31-65-35-53-49(61)55(3)51(47(59)57(53)5,67-45(69-53)41-23-27-43(63-7)28-24-41)33-39-19-15-37(16-20-39)13-14-38-17-21-40(22-18-38)34-52-48(60)58(6)54(50(62)56(52)4,36-66-32-12-10-2)70-46(68-52)42-25-29-44(64-8)30-26-42/h15-30,45-46H,9-14,31-36H2,1-8H3/t45?,46?,51-,52+,53-,54+. The lowest BCUT2D eigenvalue weighted by Gasteiger charge is -2.51. The smallest absolute Gasteiger partial charge is 0.262 e. The molecule has 374 valence electrons. The second-order valence-corrected chi connectivity index (χ2v) is 24.7. The number of carbonyl (C=O) groups excluding carboxylic acids is 4. The molecular formula is C54H66N4O8S4. The van der Waals surface area contributed by atoms with E-state index in [1.54, 1.807) is 62.0 Å². The van der Waals surface area contributed by atoms with Crippen LogP contribution in [0, 0.1) is 0 Å². The number of rotatable bonds is 21. The molecule has 0 N–H and O–H groups in total. The van der Waals surface area contributed by atoms with Crippen LogP contribution in [-0.4, -0.2) is 132 Å². The summed E-state index contributed by atoms with van der Waals surface area (Å²) >= 11 is 6.04. The molecule has 0 aromatic heterocycles. The first-order chi connectivity index (χ1) is 33.7. The molecule has 4 aromatic carbocycles. The van der Waals surface area contributed by atoms with Gasteiger partial charge in [0.2, 0.25) is 0 Å². The number of fused-ring (bicyclic) bond motifs is 8. The molecule has 4 bridgehead atoms. The highest BCUT2D eigenvalue weighted by atomic mass is 32.2. The molecule has 6 aliphatic heterocycles. The quantitative estimate of drug-likeness (QED) is 0.0741. The molecule has 0 spiro atoms. The molecule has 0 aliphatic carbocycles. The van der Waals surface area contributed by atoms with E-state index in [4.69, 9.17) is 18.9 Å². The second-order valence-electron chi connectivity index (χ2n) is 18.6. The number of unbranched alkanes of at least 4 members (excludes halogenated alkanes) is 2. The van der Waals surface area contributed by atoms with Crippen molar-refractivity contribution in [3.05, 3.63) is 130 Å². The minimum Gasteiger partial charge on any atom is -0.497 e. The minimum atomic E-state index is -1.21. The number of piperazine rings is 2. The van der Waals surface area contributed by atoms with Crippen LogP contribution in [-0.2, 0) is 54.3 Å². The molecule has 4 aromatic rings. The van der Waals surface area contributed by atoms with Crippen molar-refractivity contribution in [3.63, 3.8) is 0 Å². The topological polar surface area (TPSA) is 118 Å². The van der Waals surface area contributed by atoms with Gasteiger partial charge in [0.15, 0.2) is 19.5 Å². The summed E-state index contributed by atoms with van der Waals surface area (Å²) in [6.07, 6.45) is 5.96. The Hall–Kier alpha value is -4.32. The van der Waals surface area contributed by atoms with Gasteiger partial charge in [-0.15, -0.1) is 47.0 Å². The maximum Gasteiger partial charge on any atom is 0.262 e. The van der Waals surface area contributed by atoms with Gasteiger partial charge in [0, 0.05) is 54.2 Å². The van der Waals surface area contributed by atoms with E-state index < -0.39 is 19.5 Å². The van der Waals surface area contributed by atoms with Crippen LogP contribution in [0.2, 0.25) is 0 Å². The Morgan fingerprint density at radius 2 is 0.743 bits per heavy atom. The van der Waals surface area contributed by atoms with E-state index in [-0.39, 0.29) is 46.0 Å². The van der Waals surface area contributed by atoms with Gasteiger partial charge in [-0.1, -0.05) is 99.5 Å². The average Bonchev–Trinajstić information content (AvgIpc) is 3.64. The molecule has 10 rings (SSSR count). The molecule has 12 nitrogen and oxygen atoms in total. The first-order valence-corrected chi connectivity index (χ1v) is 27.7. The van der Waals surface area contributed by atoms with E-state index in [2.05, 4.69) is 62.4 Å². The van der Waals surface area contributed by atoms with E-state index in [0.29, 0.717) is 26.1 Å². The van der Waals surface area contributed by atoms with Gasteiger partial charge in [-0.25, -0.2) is 0 Å². The Morgan fingerprint density at radius 3 is 1.07 bits per heavy atom. The fourth-order valence-electron chi connectivity index (χ4n) is 9.61. The molecular weight excluding hydrogens is 961 g/mol. The number of nitrogens with zero attached hydrogens (tertiary/aromatic N) is 4. The van der Waals surface area contributed by atoms with Crippen LogP contribution < -0.4 is 9.47 Å². The van der Waals surface area contributed by atoms with Crippen LogP contribution in [0.3, 0.4) is 0 Å². The molecule has 0 radical (unpaired) electrons. The van der Waals surface area contributed by atoms with Gasteiger partial charge in [0.05, 0.1) is 36.6 Å². The summed E-state index contributed by atoms with van der Waals surface area (Å²) in [4.78, 5) is 60.7. The lowest BCUT2D eigenvalue weighted by atomic mass is 9.95. The Labute approximate surface area is 430 Å². The van der Waals surface area contributed by atoms with Gasteiger partial charge in [-0.2, -0.15) is 0 Å². The van der Waals surface area contributed by atoms with Crippen molar-refractivity contribution in [2.45, 2.75) is 93.9 Å². The lowest BCUT2D eigenvalue weighted by Crippen LogP contribution is -2.73. The number of benzene rings is 4. The molecule has 6 fully saturated rings. The van der Waals surface area contributed by atoms with Crippen LogP contribution in [0.25, 0.3) is 0 Å². The number of likely N-dealkylation sites (N-methyl/N-ethyl adjacent to an activating group) is 4. The number of methoxy groups -OCH3 is 2. The van der Waals surface area contributed by atoms with E-state index in [1.807, 2.05) is 48.5 Å². The van der Waals surface area contributed by atoms with Gasteiger partial charge in [-0.3, -0.25) is 19.2 Å². The van der Waals surface area contributed by atoms with Crippen LogP contribution in [0.4, 0.5) is 0 Å². The van der Waals surface area contributed by atoms with Gasteiger partial charge >= 0.3 is 0 Å². The van der Waals surface area contributed by atoms with Crippen LogP contribution in [0.15, 0.2) is 97.1 Å². The number of aryl methyl sites for hydroxylation is 2. The van der Waals surface area contributed by atoms with Crippen LogP contribution >= 0.6 is 47.0 Å². The third-order valence-corrected chi connectivity index (χ3v) is 21.2. The monoisotopic (exact) mass is 1030 g/mol. The predicted molar refractivity (Wildman–Crippen MR) is 283 cm³/mol. The zero-order valence-corrected chi connectivity index (χ0v) is 44.8. The summed E-state index contributed by atoms with van der Waals surface area (Å²) in [5, 5.41) is 0. The Bertz CT molecular complexity index is 2330. The normalized spacial score (nSPS) is 26.5. The molecule has 6 aliphatic rings. The van der Waals surface area contributed by atoms with Crippen LogP contribution in [0.1, 0.15) is 82.1 Å². The molecule has 16 heteroatoms. The largest absolute Gasteiger partial charge is 0.497 e. The molecule has 6 heterocycles. The van der Waals surface area contributed by atoms with Crippen molar-refractivity contribution >= 4 is 70.7 Å². The maximum atomic E-state index is 14.8. The zero-order chi connectivity index (χ0) is 49.8. The predicted octanol–water partition coefficient (Wildman–Crippen LogP) is 9.21. The van der Waals surface area contributed by atoms with Gasteiger partial charge < -0.3 is 38.5 Å². The van der Waals surface area contributed by atoms with Crippen molar-refractivity contribution in [2.24, 2.45) is 0 Å². The SMILES string of the molecule is CCCCOC[C@@]12SC(c3ccc(OC)cc3)S[C@@](Cc3ccc(CCc4ccc(C[C@]56SC(c7ccc(OC)cc7)S[C@](COCCCC)(C(=O)N5C)N(C)C6=O)cc4)cc3)(C(=O)N1C)N(C)C2=O. The fourth-order valence-corrected chi connectivity index (χ4v) is 17.2. The number of thioether (sulfide) groups is 4. The number of ether oxygens (including phenoxy) is 4. The maximum absolute atomic E-state index is 14.8. The molecule has 2 unspecified atom stereocenters. The average molecular weight is 1030 g/mol. The van der Waals surface area contributed by atoms with Crippen molar-refractivity contribution in [2.75, 3.05) is 68.8 Å². The van der Waals surface area contributed by atoms with Crippen LogP contribution in [0.5, 0.6) is 11.5 Å². The summed E-state index contributed by atoms with van der Waals surface area (Å²) in [5.74, 6) is 1.01. The van der Waals surface area contributed by atoms with Crippen molar-refractivity contribution < 1.29 is 38.1 Å². The van der Waals surface area contributed by atoms with Crippen molar-refractivity contribution in [3.8, 4) is 11.5 Å². The first kappa shape index (κ1) is 52.0. The number of hydrogen-bond donors (Lipinski definition) is 0. The fraction of sp³-hybridized carbons (Fsp3) is 0.481. The molecule has 0 saturated carbocycles. The Balaban J connectivity index is 0.976. The first-order valence-electron chi connectivity index (χ1n) is 24.1. The van der Waals surface area contributed by atoms with Crippen molar-refractivity contribution in [1.29, 1.82) is 0 Å². The third kappa shape index (κ3) is 9.69. The lowest BCUT2D eigenvalue weighted by molar-refractivity contribution is -0.165. The zero-order valence-electron chi connectivity index (χ0n) is 41.6. The van der Waals surface area contributed by atoms with Gasteiger partial charge in [-0.05, 0) is 83.3 Å².